The number of nitrogens with zero attached hydrogens (tertiary/aromatic N) is 1. The van der Waals surface area contributed by atoms with Crippen molar-refractivity contribution in [1.82, 2.24) is 0 Å². The Morgan fingerprint density at radius 1 is 1.00 bits per heavy atom. The average Bonchev–Trinajstić information content (AvgIpc) is 2.80. The Morgan fingerprint density at radius 2 is 1.80 bits per heavy atom. The molecule has 0 atom stereocenters. The summed E-state index contributed by atoms with van der Waals surface area (Å²) in [5.41, 5.74) is 1.66. The van der Waals surface area contributed by atoms with Gasteiger partial charge in [-0.3, -0.25) is 0 Å². The summed E-state index contributed by atoms with van der Waals surface area (Å²) in [5, 5.41) is 2.95. The molecule has 2 aromatic rings. The predicted octanol–water partition coefficient (Wildman–Crippen LogP) is 4.40. The number of fused-ring (bicyclic) bond motifs is 1. The molecule has 0 unspecified atom stereocenters. The summed E-state index contributed by atoms with van der Waals surface area (Å²) in [5.74, 6) is 0.658. The second kappa shape index (κ2) is 4.67. The summed E-state index contributed by atoms with van der Waals surface area (Å²) in [7, 11) is 0. The van der Waals surface area contributed by atoms with Crippen molar-refractivity contribution in [3.8, 4) is 0 Å². The van der Waals surface area contributed by atoms with E-state index in [1.54, 1.807) is 6.07 Å². The van der Waals surface area contributed by atoms with Gasteiger partial charge in [0.1, 0.15) is 5.84 Å². The Balaban J connectivity index is 1.81. The summed E-state index contributed by atoms with van der Waals surface area (Å²) >= 11 is 0. The van der Waals surface area contributed by atoms with Crippen LogP contribution in [0.5, 0.6) is 0 Å². The first-order chi connectivity index (χ1) is 9.52. The third-order valence-corrected chi connectivity index (χ3v) is 3.08. The van der Waals surface area contributed by atoms with Crippen LogP contribution in [0.3, 0.4) is 0 Å². The molecule has 0 spiro atoms. The Morgan fingerprint density at radius 3 is 2.55 bits per heavy atom. The highest BCUT2D eigenvalue weighted by atomic mass is 19.4. The molecule has 1 aliphatic rings. The number of nitrogens with one attached hydrogen (secondary N) is 1. The zero-order valence-corrected chi connectivity index (χ0v) is 10.4. The molecule has 0 saturated heterocycles. The first kappa shape index (κ1) is 12.7. The van der Waals surface area contributed by atoms with E-state index in [9.17, 15) is 13.2 Å². The molecule has 0 bridgehead atoms. The number of hydrogen-bond acceptors (Lipinski definition) is 2. The molecule has 1 aliphatic heterocycles. The lowest BCUT2D eigenvalue weighted by Crippen LogP contribution is -2.12. The maximum atomic E-state index is 12.6. The van der Waals surface area contributed by atoms with E-state index in [-0.39, 0.29) is 0 Å². The first-order valence-electron chi connectivity index (χ1n) is 6.12. The van der Waals surface area contributed by atoms with Gasteiger partial charge in [0.05, 0.1) is 11.3 Å². The van der Waals surface area contributed by atoms with Crippen molar-refractivity contribution < 1.29 is 13.2 Å². The maximum Gasteiger partial charge on any atom is 0.416 e. The van der Waals surface area contributed by atoms with Crippen LogP contribution in [0.2, 0.25) is 0 Å². The van der Waals surface area contributed by atoms with Gasteiger partial charge >= 0.3 is 6.18 Å². The van der Waals surface area contributed by atoms with Crippen LogP contribution >= 0.6 is 0 Å². The van der Waals surface area contributed by atoms with Gasteiger partial charge in [0.2, 0.25) is 0 Å². The third kappa shape index (κ3) is 2.52. The molecular formula is C15H11F3N2. The fourth-order valence-electron chi connectivity index (χ4n) is 2.15. The van der Waals surface area contributed by atoms with E-state index in [1.807, 2.05) is 24.3 Å². The summed E-state index contributed by atoms with van der Waals surface area (Å²) < 4.78 is 37.9. The Labute approximate surface area is 114 Å². The molecule has 0 aliphatic carbocycles. The SMILES string of the molecule is FC(F)(F)c1cccc(NC2=Nc3ccccc3C2)c1. The lowest BCUT2D eigenvalue weighted by atomic mass is 10.1. The molecule has 20 heavy (non-hydrogen) atoms. The van der Waals surface area contributed by atoms with E-state index in [0.717, 1.165) is 23.4 Å². The number of hydrogen-bond donors (Lipinski definition) is 1. The third-order valence-electron chi connectivity index (χ3n) is 3.08. The summed E-state index contributed by atoms with van der Waals surface area (Å²) in [6.07, 6.45) is -3.73. The topological polar surface area (TPSA) is 24.4 Å². The Kier molecular flexibility index (Phi) is 2.97. The van der Waals surface area contributed by atoms with Crippen molar-refractivity contribution >= 4 is 17.2 Å². The van der Waals surface area contributed by atoms with Crippen molar-refractivity contribution in [2.24, 2.45) is 4.99 Å². The second-order valence-corrected chi connectivity index (χ2v) is 4.57. The van der Waals surface area contributed by atoms with Gasteiger partial charge in [-0.15, -0.1) is 0 Å². The van der Waals surface area contributed by atoms with Crippen LogP contribution in [-0.4, -0.2) is 5.84 Å². The molecule has 2 aromatic carbocycles. The molecule has 5 heteroatoms. The van der Waals surface area contributed by atoms with Gasteiger partial charge in [-0.25, -0.2) is 4.99 Å². The van der Waals surface area contributed by atoms with Crippen LogP contribution in [0.4, 0.5) is 24.5 Å². The fraction of sp³-hybridized carbons (Fsp3) is 0.133. The van der Waals surface area contributed by atoms with Crippen molar-refractivity contribution in [1.29, 1.82) is 0 Å². The van der Waals surface area contributed by atoms with Gasteiger partial charge in [0.25, 0.3) is 0 Å². The van der Waals surface area contributed by atoms with E-state index in [0.29, 0.717) is 17.9 Å². The zero-order chi connectivity index (χ0) is 14.2. The number of benzene rings is 2. The Bertz CT molecular complexity index is 675. The monoisotopic (exact) mass is 276 g/mol. The Hall–Kier alpha value is -2.30. The molecule has 1 heterocycles. The second-order valence-electron chi connectivity index (χ2n) is 4.57. The molecule has 102 valence electrons. The number of rotatable bonds is 1. The highest BCUT2D eigenvalue weighted by molar-refractivity contribution is 6.01. The van der Waals surface area contributed by atoms with Crippen LogP contribution in [-0.2, 0) is 12.6 Å². The molecule has 0 fully saturated rings. The van der Waals surface area contributed by atoms with Gasteiger partial charge in [-0.05, 0) is 29.8 Å². The number of aliphatic imine (C=N–C) groups is 1. The molecular weight excluding hydrogens is 265 g/mol. The van der Waals surface area contributed by atoms with E-state index in [1.165, 1.54) is 6.07 Å². The van der Waals surface area contributed by atoms with Crippen LogP contribution < -0.4 is 5.32 Å². The van der Waals surface area contributed by atoms with E-state index < -0.39 is 11.7 Å². The van der Waals surface area contributed by atoms with Gasteiger partial charge in [-0.2, -0.15) is 13.2 Å². The van der Waals surface area contributed by atoms with Crippen molar-refractivity contribution in [2.75, 3.05) is 5.32 Å². The van der Waals surface area contributed by atoms with Gasteiger partial charge in [0.15, 0.2) is 0 Å². The van der Waals surface area contributed by atoms with Crippen LogP contribution in [0, 0.1) is 0 Å². The first-order valence-corrected chi connectivity index (χ1v) is 6.12. The lowest BCUT2D eigenvalue weighted by molar-refractivity contribution is -0.137. The number of anilines is 1. The number of amidine groups is 1. The van der Waals surface area contributed by atoms with E-state index in [2.05, 4.69) is 10.3 Å². The van der Waals surface area contributed by atoms with E-state index >= 15 is 0 Å². The molecule has 0 amide bonds. The molecule has 0 saturated carbocycles. The van der Waals surface area contributed by atoms with Gasteiger partial charge in [0, 0.05) is 12.1 Å². The molecule has 2 nitrogen and oxygen atoms in total. The van der Waals surface area contributed by atoms with Crippen molar-refractivity contribution in [3.05, 3.63) is 59.7 Å². The molecule has 0 radical (unpaired) electrons. The standard InChI is InChI=1S/C15H11F3N2/c16-15(17,18)11-5-3-6-12(9-11)19-14-8-10-4-1-2-7-13(10)20-14/h1-7,9H,8H2,(H,19,20). The average molecular weight is 276 g/mol. The highest BCUT2D eigenvalue weighted by Gasteiger charge is 2.30. The number of alkyl halides is 3. The quantitative estimate of drug-likeness (QED) is 0.820. The van der Waals surface area contributed by atoms with E-state index in [4.69, 9.17) is 0 Å². The minimum atomic E-state index is -4.34. The number of halogens is 3. The molecule has 1 N–H and O–H groups in total. The summed E-state index contributed by atoms with van der Waals surface area (Å²) in [6, 6.07) is 12.8. The van der Waals surface area contributed by atoms with Crippen molar-refractivity contribution in [2.45, 2.75) is 12.6 Å². The van der Waals surface area contributed by atoms with Crippen molar-refractivity contribution in [3.63, 3.8) is 0 Å². The van der Waals surface area contributed by atoms with Crippen LogP contribution in [0.1, 0.15) is 11.1 Å². The predicted molar refractivity (Wildman–Crippen MR) is 72.3 cm³/mol. The number of para-hydroxylation sites is 1. The largest absolute Gasteiger partial charge is 0.416 e. The summed E-state index contributed by atoms with van der Waals surface area (Å²) in [6.45, 7) is 0. The minimum absolute atomic E-state index is 0.395. The van der Waals surface area contributed by atoms with Gasteiger partial charge < -0.3 is 5.32 Å². The zero-order valence-electron chi connectivity index (χ0n) is 10.4. The lowest BCUT2D eigenvalue weighted by Gasteiger charge is -2.10. The minimum Gasteiger partial charge on any atom is -0.343 e. The smallest absolute Gasteiger partial charge is 0.343 e. The summed E-state index contributed by atoms with van der Waals surface area (Å²) in [4.78, 5) is 4.36. The molecule has 0 aromatic heterocycles. The van der Waals surface area contributed by atoms with Crippen LogP contribution in [0.15, 0.2) is 53.5 Å². The normalized spacial score (nSPS) is 13.8. The maximum absolute atomic E-state index is 12.6. The molecule has 3 rings (SSSR count). The van der Waals surface area contributed by atoms with Crippen LogP contribution in [0.25, 0.3) is 0 Å². The highest BCUT2D eigenvalue weighted by Crippen LogP contribution is 2.31. The fourth-order valence-corrected chi connectivity index (χ4v) is 2.15. The van der Waals surface area contributed by atoms with Gasteiger partial charge in [-0.1, -0.05) is 24.3 Å².